The minimum absolute atomic E-state index is 0.0869. The van der Waals surface area contributed by atoms with E-state index in [1.807, 2.05) is 0 Å². The molecule has 1 aliphatic carbocycles. The molecule has 1 fully saturated rings. The summed E-state index contributed by atoms with van der Waals surface area (Å²) >= 11 is 0. The average Bonchev–Trinajstić information content (AvgIpc) is 2.76. The number of carbonyl (C=O) groups excluding carboxylic acids is 1. The first-order valence-corrected chi connectivity index (χ1v) is 5.65. The smallest absolute Gasteiger partial charge is 0.274 e. The van der Waals surface area contributed by atoms with Crippen LogP contribution in [-0.2, 0) is 0 Å². The number of aromatic nitrogens is 2. The molecule has 2 rings (SSSR count). The first-order valence-electron chi connectivity index (χ1n) is 5.65. The van der Waals surface area contributed by atoms with E-state index in [-0.39, 0.29) is 11.4 Å². The number of hydrogen-bond donors (Lipinski definition) is 3. The molecule has 16 heavy (non-hydrogen) atoms. The number of nitrogens with one attached hydrogen (secondary N) is 2. The van der Waals surface area contributed by atoms with Crippen LogP contribution in [0.15, 0.2) is 0 Å². The fourth-order valence-corrected chi connectivity index (χ4v) is 2.22. The molecule has 0 radical (unpaired) electrons. The molecule has 5 heteroatoms. The number of rotatable bonds is 2. The van der Waals surface area contributed by atoms with Crippen molar-refractivity contribution < 1.29 is 4.79 Å². The zero-order valence-electron chi connectivity index (χ0n) is 9.76. The van der Waals surface area contributed by atoms with Crippen LogP contribution in [0.3, 0.4) is 0 Å². The maximum absolute atomic E-state index is 12.0. The Balaban J connectivity index is 2.11. The highest BCUT2D eigenvalue weighted by Crippen LogP contribution is 2.29. The number of carbonyl (C=O) groups is 1. The predicted octanol–water partition coefficient (Wildman–Crippen LogP) is 1.36. The number of aromatic amines is 1. The highest BCUT2D eigenvalue weighted by Gasteiger charge is 2.31. The Morgan fingerprint density at radius 1 is 1.50 bits per heavy atom. The lowest BCUT2D eigenvalue weighted by Gasteiger charge is -2.24. The molecule has 1 aliphatic rings. The summed E-state index contributed by atoms with van der Waals surface area (Å²) in [5, 5.41) is 9.67. The van der Waals surface area contributed by atoms with Crippen LogP contribution in [0, 0.1) is 6.92 Å². The van der Waals surface area contributed by atoms with Gasteiger partial charge in [0.05, 0.1) is 11.4 Å². The van der Waals surface area contributed by atoms with Crippen molar-refractivity contribution in [3.05, 3.63) is 11.4 Å². The third-order valence-electron chi connectivity index (χ3n) is 3.33. The molecule has 0 unspecified atom stereocenters. The molecule has 0 spiro atoms. The van der Waals surface area contributed by atoms with E-state index in [0.717, 1.165) is 18.5 Å². The van der Waals surface area contributed by atoms with E-state index in [2.05, 4.69) is 22.4 Å². The van der Waals surface area contributed by atoms with Crippen molar-refractivity contribution >= 4 is 11.6 Å². The number of amides is 1. The van der Waals surface area contributed by atoms with Gasteiger partial charge < -0.3 is 11.1 Å². The molecule has 1 heterocycles. The molecule has 5 nitrogen and oxygen atoms in total. The van der Waals surface area contributed by atoms with Gasteiger partial charge in [-0.2, -0.15) is 5.10 Å². The average molecular weight is 222 g/mol. The molecule has 4 N–H and O–H groups in total. The second-order valence-electron chi connectivity index (χ2n) is 4.83. The Labute approximate surface area is 94.8 Å². The molecule has 0 saturated heterocycles. The second-order valence-corrected chi connectivity index (χ2v) is 4.83. The minimum Gasteiger partial charge on any atom is -0.395 e. The van der Waals surface area contributed by atoms with Gasteiger partial charge in [0.2, 0.25) is 0 Å². The van der Waals surface area contributed by atoms with E-state index in [4.69, 9.17) is 5.73 Å². The van der Waals surface area contributed by atoms with E-state index >= 15 is 0 Å². The number of aryl methyl sites for hydroxylation is 1. The summed E-state index contributed by atoms with van der Waals surface area (Å²) in [4.78, 5) is 12.0. The Hall–Kier alpha value is -1.52. The van der Waals surface area contributed by atoms with E-state index < -0.39 is 0 Å². The highest BCUT2D eigenvalue weighted by atomic mass is 16.2. The van der Waals surface area contributed by atoms with Gasteiger partial charge in [-0.15, -0.1) is 0 Å². The minimum atomic E-state index is -0.175. The molecule has 0 aromatic carbocycles. The summed E-state index contributed by atoms with van der Waals surface area (Å²) in [6.45, 7) is 3.88. The zero-order chi connectivity index (χ0) is 11.8. The van der Waals surface area contributed by atoms with Crippen LogP contribution < -0.4 is 11.1 Å². The predicted molar refractivity (Wildman–Crippen MR) is 62.1 cm³/mol. The van der Waals surface area contributed by atoms with Crippen LogP contribution in [-0.4, -0.2) is 21.6 Å². The van der Waals surface area contributed by atoms with Crippen molar-refractivity contribution in [3.8, 4) is 0 Å². The maximum atomic E-state index is 12.0. The Kier molecular flexibility index (Phi) is 2.61. The van der Waals surface area contributed by atoms with E-state index in [1.54, 1.807) is 6.92 Å². The van der Waals surface area contributed by atoms with Crippen LogP contribution in [0.4, 0.5) is 5.69 Å². The summed E-state index contributed by atoms with van der Waals surface area (Å²) in [6, 6.07) is 0. The number of nitrogens with zero attached hydrogens (tertiary/aromatic N) is 1. The fraction of sp³-hybridized carbons (Fsp3) is 0.636. The number of nitrogens with two attached hydrogens (primary N) is 1. The summed E-state index contributed by atoms with van der Waals surface area (Å²) in [6.07, 6.45) is 4.40. The summed E-state index contributed by atoms with van der Waals surface area (Å²) < 4.78 is 0. The SMILES string of the molecule is Cc1[nH]nc(C(=O)NC2(C)CCCC2)c1N. The molecule has 1 aromatic rings. The summed E-state index contributed by atoms with van der Waals surface area (Å²) in [5.74, 6) is -0.175. The number of nitrogen functional groups attached to an aromatic ring is 1. The van der Waals surface area contributed by atoms with Crippen LogP contribution >= 0.6 is 0 Å². The van der Waals surface area contributed by atoms with E-state index in [9.17, 15) is 4.79 Å². The molecule has 1 aromatic heterocycles. The van der Waals surface area contributed by atoms with Crippen molar-refractivity contribution in [2.45, 2.75) is 45.1 Å². The van der Waals surface area contributed by atoms with E-state index in [1.165, 1.54) is 12.8 Å². The van der Waals surface area contributed by atoms with Crippen molar-refractivity contribution in [2.24, 2.45) is 0 Å². The molecule has 0 bridgehead atoms. The molecule has 1 amide bonds. The lowest BCUT2D eigenvalue weighted by Crippen LogP contribution is -2.43. The maximum Gasteiger partial charge on any atom is 0.274 e. The Morgan fingerprint density at radius 3 is 2.62 bits per heavy atom. The van der Waals surface area contributed by atoms with Gasteiger partial charge in [-0.3, -0.25) is 9.89 Å². The number of anilines is 1. The lowest BCUT2D eigenvalue weighted by atomic mass is 10.0. The quantitative estimate of drug-likeness (QED) is 0.706. The van der Waals surface area contributed by atoms with Crippen molar-refractivity contribution in [3.63, 3.8) is 0 Å². The van der Waals surface area contributed by atoms with Crippen molar-refractivity contribution in [1.29, 1.82) is 0 Å². The third kappa shape index (κ3) is 1.89. The van der Waals surface area contributed by atoms with E-state index in [0.29, 0.717) is 11.4 Å². The normalized spacial score (nSPS) is 18.6. The van der Waals surface area contributed by atoms with Crippen molar-refractivity contribution in [1.82, 2.24) is 15.5 Å². The van der Waals surface area contributed by atoms with Gasteiger partial charge in [0.15, 0.2) is 5.69 Å². The Bertz CT molecular complexity index is 404. The molecule has 1 saturated carbocycles. The van der Waals surface area contributed by atoms with Gasteiger partial charge in [0.1, 0.15) is 0 Å². The molecule has 88 valence electrons. The standard InChI is InChI=1S/C11H18N4O/c1-7-8(12)9(15-14-7)10(16)13-11(2)5-3-4-6-11/h3-6,12H2,1-2H3,(H,13,16)(H,14,15). The van der Waals surface area contributed by atoms with Gasteiger partial charge >= 0.3 is 0 Å². The number of hydrogen-bond acceptors (Lipinski definition) is 3. The van der Waals surface area contributed by atoms with Gasteiger partial charge in [-0.1, -0.05) is 12.8 Å². The molecular weight excluding hydrogens is 204 g/mol. The van der Waals surface area contributed by atoms with Gasteiger partial charge in [0.25, 0.3) is 5.91 Å². The summed E-state index contributed by atoms with van der Waals surface area (Å²) in [5.41, 5.74) is 7.17. The number of H-pyrrole nitrogens is 1. The molecule has 0 aliphatic heterocycles. The lowest BCUT2D eigenvalue weighted by molar-refractivity contribution is 0.0904. The van der Waals surface area contributed by atoms with Crippen LogP contribution in [0.25, 0.3) is 0 Å². The topological polar surface area (TPSA) is 83.8 Å². The second kappa shape index (κ2) is 3.81. The highest BCUT2D eigenvalue weighted by molar-refractivity contribution is 5.98. The van der Waals surface area contributed by atoms with Gasteiger partial charge in [-0.25, -0.2) is 0 Å². The van der Waals surface area contributed by atoms with Gasteiger partial charge in [-0.05, 0) is 26.7 Å². The van der Waals surface area contributed by atoms with Gasteiger partial charge in [0, 0.05) is 5.54 Å². The Morgan fingerprint density at radius 2 is 2.12 bits per heavy atom. The molecular formula is C11H18N4O. The first kappa shape index (κ1) is 11.0. The third-order valence-corrected chi connectivity index (χ3v) is 3.33. The fourth-order valence-electron chi connectivity index (χ4n) is 2.22. The zero-order valence-corrected chi connectivity index (χ0v) is 9.76. The van der Waals surface area contributed by atoms with Crippen LogP contribution in [0.5, 0.6) is 0 Å². The molecule has 0 atom stereocenters. The van der Waals surface area contributed by atoms with Crippen LogP contribution in [0.2, 0.25) is 0 Å². The van der Waals surface area contributed by atoms with Crippen molar-refractivity contribution in [2.75, 3.05) is 5.73 Å². The summed E-state index contributed by atoms with van der Waals surface area (Å²) in [7, 11) is 0. The monoisotopic (exact) mass is 222 g/mol. The first-order chi connectivity index (χ1) is 7.52. The largest absolute Gasteiger partial charge is 0.395 e. The van der Waals surface area contributed by atoms with Crippen LogP contribution in [0.1, 0.15) is 48.8 Å².